The van der Waals surface area contributed by atoms with E-state index in [1.54, 1.807) is 6.26 Å². The number of allylic oxidation sites excluding steroid dienone is 2. The Morgan fingerprint density at radius 3 is 2.89 bits per heavy atom. The molecular formula is C15H20O2S. The van der Waals surface area contributed by atoms with Gasteiger partial charge in [0.15, 0.2) is 5.12 Å². The first-order valence-electron chi connectivity index (χ1n) is 6.35. The van der Waals surface area contributed by atoms with Crippen molar-refractivity contribution in [1.29, 1.82) is 0 Å². The lowest BCUT2D eigenvalue weighted by molar-refractivity contribution is -0.112. The van der Waals surface area contributed by atoms with Crippen molar-refractivity contribution in [2.45, 2.75) is 39.4 Å². The number of carbonyl (C=O) groups excluding carboxylic acids is 1. The van der Waals surface area contributed by atoms with Crippen molar-refractivity contribution < 1.29 is 9.21 Å². The van der Waals surface area contributed by atoms with Crippen molar-refractivity contribution in [3.05, 3.63) is 35.8 Å². The van der Waals surface area contributed by atoms with Gasteiger partial charge in [0.2, 0.25) is 0 Å². The van der Waals surface area contributed by atoms with Crippen LogP contribution >= 0.6 is 11.8 Å². The highest BCUT2D eigenvalue weighted by Gasteiger charge is 2.35. The van der Waals surface area contributed by atoms with Crippen molar-refractivity contribution >= 4 is 16.9 Å². The molecular weight excluding hydrogens is 244 g/mol. The molecule has 1 atom stereocenters. The molecule has 2 rings (SSSR count). The summed E-state index contributed by atoms with van der Waals surface area (Å²) in [4.78, 5) is 12.0. The quantitative estimate of drug-likeness (QED) is 0.754. The van der Waals surface area contributed by atoms with Crippen LogP contribution in [0.3, 0.4) is 0 Å². The summed E-state index contributed by atoms with van der Waals surface area (Å²) >= 11 is 1.37. The monoisotopic (exact) mass is 264 g/mol. The molecule has 0 radical (unpaired) electrons. The molecule has 0 saturated heterocycles. The molecule has 0 aromatic carbocycles. The third kappa shape index (κ3) is 2.89. The van der Waals surface area contributed by atoms with Crippen molar-refractivity contribution in [3.8, 4) is 0 Å². The first-order valence-corrected chi connectivity index (χ1v) is 7.34. The minimum atomic E-state index is 0.168. The van der Waals surface area contributed by atoms with Gasteiger partial charge in [-0.25, -0.2) is 0 Å². The summed E-state index contributed by atoms with van der Waals surface area (Å²) < 4.78 is 5.23. The molecule has 98 valence electrons. The zero-order valence-corrected chi connectivity index (χ0v) is 12.0. The van der Waals surface area contributed by atoms with E-state index in [2.05, 4.69) is 26.8 Å². The van der Waals surface area contributed by atoms with E-state index in [4.69, 9.17) is 4.42 Å². The number of thioether (sulfide) groups is 1. The number of furan rings is 1. The second kappa shape index (κ2) is 5.35. The van der Waals surface area contributed by atoms with Crippen LogP contribution in [0.5, 0.6) is 0 Å². The molecule has 2 nitrogen and oxygen atoms in total. The van der Waals surface area contributed by atoms with Crippen molar-refractivity contribution in [3.63, 3.8) is 0 Å². The summed E-state index contributed by atoms with van der Waals surface area (Å²) in [6, 6.07) is 3.76. The molecule has 1 aromatic rings. The van der Waals surface area contributed by atoms with Crippen molar-refractivity contribution in [2.24, 2.45) is 11.3 Å². The Morgan fingerprint density at radius 2 is 2.33 bits per heavy atom. The molecule has 0 saturated carbocycles. The Labute approximate surface area is 113 Å². The van der Waals surface area contributed by atoms with Crippen LogP contribution in [0.15, 0.2) is 34.5 Å². The Morgan fingerprint density at radius 1 is 1.56 bits per heavy atom. The number of carbonyl (C=O) groups is 1. The Balaban J connectivity index is 1.82. The van der Waals surface area contributed by atoms with Crippen LogP contribution in [0.4, 0.5) is 0 Å². The third-order valence-electron chi connectivity index (χ3n) is 4.11. The minimum Gasteiger partial charge on any atom is -0.468 e. The molecule has 18 heavy (non-hydrogen) atoms. The van der Waals surface area contributed by atoms with Gasteiger partial charge in [0.05, 0.1) is 12.0 Å². The smallest absolute Gasteiger partial charge is 0.189 e. The predicted octanol–water partition coefficient (Wildman–Crippen LogP) is 4.42. The van der Waals surface area contributed by atoms with Gasteiger partial charge in [0.25, 0.3) is 0 Å². The number of hydrogen-bond acceptors (Lipinski definition) is 3. The summed E-state index contributed by atoms with van der Waals surface area (Å²) in [6.07, 6.45) is 5.61. The molecule has 1 aliphatic rings. The molecule has 0 fully saturated rings. The lowest BCUT2D eigenvalue weighted by Gasteiger charge is -2.29. The highest BCUT2D eigenvalue weighted by Crippen LogP contribution is 2.45. The summed E-state index contributed by atoms with van der Waals surface area (Å²) in [5.74, 6) is 1.97. The molecule has 3 heteroatoms. The second-order valence-electron chi connectivity index (χ2n) is 5.49. The lowest BCUT2D eigenvalue weighted by Crippen LogP contribution is -2.22. The van der Waals surface area contributed by atoms with E-state index >= 15 is 0 Å². The zero-order chi connectivity index (χ0) is 13.2. The molecule has 1 aliphatic carbocycles. The highest BCUT2D eigenvalue weighted by molar-refractivity contribution is 8.12. The van der Waals surface area contributed by atoms with E-state index in [9.17, 15) is 4.79 Å². The van der Waals surface area contributed by atoms with Gasteiger partial charge in [0, 0.05) is 6.42 Å². The van der Waals surface area contributed by atoms with Crippen molar-refractivity contribution in [1.82, 2.24) is 0 Å². The van der Waals surface area contributed by atoms with Crippen molar-refractivity contribution in [2.75, 3.05) is 0 Å². The Bertz CT molecular complexity index is 443. The number of rotatable bonds is 4. The minimum absolute atomic E-state index is 0.168. The third-order valence-corrected chi connectivity index (χ3v) is 5.03. The van der Waals surface area contributed by atoms with Crippen LogP contribution in [-0.2, 0) is 10.5 Å². The van der Waals surface area contributed by atoms with Crippen LogP contribution in [0.1, 0.15) is 39.4 Å². The van der Waals surface area contributed by atoms with Gasteiger partial charge in [-0.05, 0) is 36.8 Å². The van der Waals surface area contributed by atoms with Crippen LogP contribution in [-0.4, -0.2) is 5.12 Å². The van der Waals surface area contributed by atoms with E-state index in [0.717, 1.165) is 12.2 Å². The molecule has 1 aromatic heterocycles. The maximum atomic E-state index is 12.0. The second-order valence-corrected chi connectivity index (χ2v) is 6.52. The van der Waals surface area contributed by atoms with Gasteiger partial charge in [-0.3, -0.25) is 4.79 Å². The summed E-state index contributed by atoms with van der Waals surface area (Å²) in [5, 5.41) is 0.271. The average molecular weight is 264 g/mol. The summed E-state index contributed by atoms with van der Waals surface area (Å²) in [5.41, 5.74) is 1.58. The average Bonchev–Trinajstić information content (AvgIpc) is 2.91. The van der Waals surface area contributed by atoms with Crippen LogP contribution < -0.4 is 0 Å². The first-order chi connectivity index (χ1) is 8.50. The van der Waals surface area contributed by atoms with Crippen LogP contribution in [0, 0.1) is 11.3 Å². The molecule has 1 heterocycles. The molecule has 0 unspecified atom stereocenters. The fourth-order valence-corrected chi connectivity index (χ4v) is 3.13. The van der Waals surface area contributed by atoms with Gasteiger partial charge in [0.1, 0.15) is 5.76 Å². The van der Waals surface area contributed by atoms with E-state index in [1.165, 1.54) is 17.3 Å². The molecule has 0 bridgehead atoms. The van der Waals surface area contributed by atoms with Gasteiger partial charge in [-0.2, -0.15) is 0 Å². The van der Waals surface area contributed by atoms with Crippen LogP contribution in [0.25, 0.3) is 0 Å². The summed E-state index contributed by atoms with van der Waals surface area (Å²) in [7, 11) is 0. The van der Waals surface area contributed by atoms with Crippen LogP contribution in [0.2, 0.25) is 0 Å². The standard InChI is InChI=1S/C15H20O2S/c1-11-6-7-12(15(11,2)3)9-14(16)18-10-13-5-4-8-17-13/h4-6,8,12H,7,9-10H2,1-3H3/t12-/m0/s1. The zero-order valence-electron chi connectivity index (χ0n) is 11.2. The molecule has 0 aliphatic heterocycles. The van der Waals surface area contributed by atoms with Gasteiger partial charge < -0.3 is 4.42 Å². The molecule has 0 amide bonds. The fraction of sp³-hybridized carbons (Fsp3) is 0.533. The first kappa shape index (κ1) is 13.5. The normalized spacial score (nSPS) is 21.9. The maximum absolute atomic E-state index is 12.0. The van der Waals surface area contributed by atoms with E-state index in [-0.39, 0.29) is 10.5 Å². The van der Waals surface area contributed by atoms with E-state index < -0.39 is 0 Å². The van der Waals surface area contributed by atoms with E-state index in [0.29, 0.717) is 18.1 Å². The molecule has 0 N–H and O–H groups in total. The predicted molar refractivity (Wildman–Crippen MR) is 75.3 cm³/mol. The number of hydrogen-bond donors (Lipinski definition) is 0. The largest absolute Gasteiger partial charge is 0.468 e. The SMILES string of the molecule is CC1=CC[C@@H](CC(=O)SCc2ccco2)C1(C)C. The Kier molecular flexibility index (Phi) is 4.00. The van der Waals surface area contributed by atoms with Gasteiger partial charge in [-0.15, -0.1) is 0 Å². The lowest BCUT2D eigenvalue weighted by atomic mass is 9.76. The fourth-order valence-electron chi connectivity index (χ4n) is 2.34. The Hall–Kier alpha value is -0.960. The topological polar surface area (TPSA) is 30.2 Å². The van der Waals surface area contributed by atoms with Gasteiger partial charge in [-0.1, -0.05) is 37.3 Å². The maximum Gasteiger partial charge on any atom is 0.189 e. The van der Waals surface area contributed by atoms with E-state index in [1.807, 2.05) is 12.1 Å². The highest BCUT2D eigenvalue weighted by atomic mass is 32.2. The molecule has 0 spiro atoms. The van der Waals surface area contributed by atoms with Gasteiger partial charge >= 0.3 is 0 Å². The summed E-state index contributed by atoms with van der Waals surface area (Å²) in [6.45, 7) is 6.64.